The monoisotopic (exact) mass is 312 g/mol. The summed E-state index contributed by atoms with van der Waals surface area (Å²) in [7, 11) is 0. The van der Waals surface area contributed by atoms with Gasteiger partial charge in [0.05, 0.1) is 10.4 Å². The maximum atomic E-state index is 6.54. The van der Waals surface area contributed by atoms with Crippen LogP contribution in [-0.4, -0.2) is 0 Å². The van der Waals surface area contributed by atoms with Crippen LogP contribution in [0.15, 0.2) is 29.6 Å². The minimum atomic E-state index is -0.166. The van der Waals surface area contributed by atoms with E-state index in [1.54, 1.807) is 11.3 Å². The first-order chi connectivity index (χ1) is 8.80. The number of hydrogen-bond acceptors (Lipinski definition) is 1. The molecule has 1 aromatic carbocycles. The van der Waals surface area contributed by atoms with Crippen LogP contribution in [0.3, 0.4) is 0 Å². The summed E-state index contributed by atoms with van der Waals surface area (Å²) in [5.41, 5.74) is 3.67. The lowest BCUT2D eigenvalue weighted by Crippen LogP contribution is -2.10. The van der Waals surface area contributed by atoms with Gasteiger partial charge in [0.15, 0.2) is 0 Å². The van der Waals surface area contributed by atoms with Crippen molar-refractivity contribution in [3.63, 3.8) is 0 Å². The van der Waals surface area contributed by atoms with Crippen LogP contribution < -0.4 is 0 Å². The van der Waals surface area contributed by atoms with Crippen molar-refractivity contribution in [1.82, 2.24) is 0 Å². The standard InChI is InChI=1S/C16H18Cl2S/c1-10-9-19-15(13(10)17)14(18)11-5-7-12(8-6-11)16(2,3)4/h5-9,14H,1-4H3. The van der Waals surface area contributed by atoms with Gasteiger partial charge in [-0.2, -0.15) is 0 Å². The van der Waals surface area contributed by atoms with Gasteiger partial charge in [-0.15, -0.1) is 22.9 Å². The largest absolute Gasteiger partial charge is 0.145 e. The fraction of sp³-hybridized carbons (Fsp3) is 0.375. The Balaban J connectivity index is 2.30. The summed E-state index contributed by atoms with van der Waals surface area (Å²) >= 11 is 14.5. The molecule has 0 nitrogen and oxygen atoms in total. The molecular formula is C16H18Cl2S. The molecule has 2 rings (SSSR count). The van der Waals surface area contributed by atoms with Crippen molar-refractivity contribution in [2.24, 2.45) is 0 Å². The molecule has 0 radical (unpaired) electrons. The zero-order valence-corrected chi connectivity index (χ0v) is 14.0. The van der Waals surface area contributed by atoms with Gasteiger partial charge in [-0.3, -0.25) is 0 Å². The summed E-state index contributed by atoms with van der Waals surface area (Å²) in [4.78, 5) is 1.03. The van der Waals surface area contributed by atoms with E-state index in [4.69, 9.17) is 23.2 Å². The summed E-state index contributed by atoms with van der Waals surface area (Å²) in [5.74, 6) is 0. The van der Waals surface area contributed by atoms with E-state index >= 15 is 0 Å². The first-order valence-electron chi connectivity index (χ1n) is 6.28. The second-order valence-electron chi connectivity index (χ2n) is 5.83. The van der Waals surface area contributed by atoms with E-state index in [0.717, 1.165) is 21.0 Å². The van der Waals surface area contributed by atoms with Gasteiger partial charge in [0, 0.05) is 4.88 Å². The molecule has 0 aliphatic rings. The summed E-state index contributed by atoms with van der Waals surface area (Å²) in [5, 5.41) is 2.68. The lowest BCUT2D eigenvalue weighted by atomic mass is 9.86. The molecule has 0 saturated heterocycles. The lowest BCUT2D eigenvalue weighted by Gasteiger charge is -2.19. The molecule has 102 valence electrons. The van der Waals surface area contributed by atoms with Gasteiger partial charge < -0.3 is 0 Å². The molecule has 2 aromatic rings. The molecule has 1 heterocycles. The number of aryl methyl sites for hydroxylation is 1. The molecule has 1 atom stereocenters. The lowest BCUT2D eigenvalue weighted by molar-refractivity contribution is 0.590. The number of hydrogen-bond donors (Lipinski definition) is 0. The van der Waals surface area contributed by atoms with Gasteiger partial charge in [-0.25, -0.2) is 0 Å². The Morgan fingerprint density at radius 1 is 1.11 bits per heavy atom. The number of thiophene rings is 1. The molecule has 0 saturated carbocycles. The SMILES string of the molecule is Cc1csc(C(Cl)c2ccc(C(C)(C)C)cc2)c1Cl. The van der Waals surface area contributed by atoms with Crippen molar-refractivity contribution in [1.29, 1.82) is 0 Å². The summed E-state index contributed by atoms with van der Waals surface area (Å²) in [6.07, 6.45) is 0. The third-order valence-corrected chi connectivity index (χ3v) is 5.60. The van der Waals surface area contributed by atoms with Crippen LogP contribution in [0, 0.1) is 6.92 Å². The van der Waals surface area contributed by atoms with Gasteiger partial charge in [-0.1, -0.05) is 56.6 Å². The smallest absolute Gasteiger partial charge is 0.0942 e. The van der Waals surface area contributed by atoms with Crippen LogP contribution >= 0.6 is 34.5 Å². The second-order valence-corrected chi connectivity index (χ2v) is 7.56. The molecule has 0 aliphatic heterocycles. The van der Waals surface area contributed by atoms with Crippen molar-refractivity contribution in [2.45, 2.75) is 38.5 Å². The highest BCUT2D eigenvalue weighted by atomic mass is 35.5. The predicted molar refractivity (Wildman–Crippen MR) is 86.9 cm³/mol. The van der Waals surface area contributed by atoms with Gasteiger partial charge in [0.2, 0.25) is 0 Å². The van der Waals surface area contributed by atoms with E-state index in [2.05, 4.69) is 50.4 Å². The Morgan fingerprint density at radius 3 is 2.11 bits per heavy atom. The van der Waals surface area contributed by atoms with Crippen LogP contribution in [0.1, 0.15) is 47.7 Å². The minimum Gasteiger partial charge on any atom is -0.145 e. The molecule has 0 amide bonds. The molecule has 1 unspecified atom stereocenters. The molecule has 19 heavy (non-hydrogen) atoms. The van der Waals surface area contributed by atoms with Gasteiger partial charge in [-0.05, 0) is 34.4 Å². The predicted octanol–water partition coefficient (Wildman–Crippen LogP) is 6.34. The van der Waals surface area contributed by atoms with Crippen molar-refractivity contribution >= 4 is 34.5 Å². The van der Waals surface area contributed by atoms with Crippen molar-refractivity contribution in [3.05, 3.63) is 56.2 Å². The normalized spacial score (nSPS) is 13.6. The zero-order chi connectivity index (χ0) is 14.2. The highest BCUT2D eigenvalue weighted by molar-refractivity contribution is 7.11. The molecule has 0 aliphatic carbocycles. The minimum absolute atomic E-state index is 0.164. The average Bonchev–Trinajstić information content (AvgIpc) is 2.68. The van der Waals surface area contributed by atoms with E-state index in [0.29, 0.717) is 0 Å². The van der Waals surface area contributed by atoms with Crippen molar-refractivity contribution < 1.29 is 0 Å². The first-order valence-corrected chi connectivity index (χ1v) is 7.98. The Kier molecular flexibility index (Phi) is 4.29. The van der Waals surface area contributed by atoms with Crippen LogP contribution in [0.25, 0.3) is 0 Å². The quantitative estimate of drug-likeness (QED) is 0.568. The number of rotatable bonds is 2. The van der Waals surface area contributed by atoms with Gasteiger partial charge in [0.1, 0.15) is 0 Å². The van der Waals surface area contributed by atoms with E-state index in [-0.39, 0.29) is 10.8 Å². The van der Waals surface area contributed by atoms with E-state index in [1.165, 1.54) is 5.56 Å². The molecule has 1 aromatic heterocycles. The fourth-order valence-electron chi connectivity index (χ4n) is 1.92. The van der Waals surface area contributed by atoms with Crippen molar-refractivity contribution in [2.75, 3.05) is 0 Å². The van der Waals surface area contributed by atoms with Crippen molar-refractivity contribution in [3.8, 4) is 0 Å². The molecular weight excluding hydrogens is 295 g/mol. The molecule has 0 spiro atoms. The van der Waals surface area contributed by atoms with Crippen LogP contribution in [0.5, 0.6) is 0 Å². The molecule has 0 N–H and O–H groups in total. The summed E-state index contributed by atoms with van der Waals surface area (Å²) in [6, 6.07) is 8.51. The topological polar surface area (TPSA) is 0 Å². The van der Waals surface area contributed by atoms with E-state index < -0.39 is 0 Å². The maximum absolute atomic E-state index is 6.54. The molecule has 0 fully saturated rings. The second kappa shape index (κ2) is 5.47. The average molecular weight is 313 g/mol. The van der Waals surface area contributed by atoms with E-state index in [9.17, 15) is 0 Å². The highest BCUT2D eigenvalue weighted by Crippen LogP contribution is 2.39. The third-order valence-electron chi connectivity index (χ3n) is 3.22. The van der Waals surface area contributed by atoms with E-state index in [1.807, 2.05) is 6.92 Å². The number of benzene rings is 1. The molecule has 3 heteroatoms. The zero-order valence-electron chi connectivity index (χ0n) is 11.6. The first kappa shape index (κ1) is 14.9. The Morgan fingerprint density at radius 2 is 1.68 bits per heavy atom. The Hall–Kier alpha value is -0.500. The third kappa shape index (κ3) is 3.16. The maximum Gasteiger partial charge on any atom is 0.0942 e. The van der Waals surface area contributed by atoms with Gasteiger partial charge >= 0.3 is 0 Å². The number of halogens is 2. The van der Waals surface area contributed by atoms with Crippen LogP contribution in [0.4, 0.5) is 0 Å². The highest BCUT2D eigenvalue weighted by Gasteiger charge is 2.19. The fourth-order valence-corrected chi connectivity index (χ4v) is 3.69. The summed E-state index contributed by atoms with van der Waals surface area (Å²) < 4.78 is 0. The Labute approximate surface area is 129 Å². The summed E-state index contributed by atoms with van der Waals surface area (Å²) in [6.45, 7) is 8.63. The van der Waals surface area contributed by atoms with Crippen LogP contribution in [0.2, 0.25) is 5.02 Å². The van der Waals surface area contributed by atoms with Gasteiger partial charge in [0.25, 0.3) is 0 Å². The van der Waals surface area contributed by atoms with Crippen LogP contribution in [-0.2, 0) is 5.41 Å². The number of alkyl halides is 1. The Bertz CT molecular complexity index is 561. The molecule has 0 bridgehead atoms.